The van der Waals surface area contributed by atoms with Crippen LogP contribution in [0.2, 0.25) is 10.0 Å². The molecule has 0 amide bonds. The van der Waals surface area contributed by atoms with Gasteiger partial charge in [0.25, 0.3) is 0 Å². The molecule has 0 saturated heterocycles. The van der Waals surface area contributed by atoms with Crippen LogP contribution < -0.4 is 0 Å². The van der Waals surface area contributed by atoms with E-state index in [0.717, 1.165) is 5.56 Å². The Morgan fingerprint density at radius 1 is 1.04 bits per heavy atom. The van der Waals surface area contributed by atoms with Gasteiger partial charge in [0.05, 0.1) is 21.7 Å². The second-order valence-corrected chi connectivity index (χ2v) is 5.79. The number of nitriles is 1. The van der Waals surface area contributed by atoms with Gasteiger partial charge >= 0.3 is 0 Å². The number of halogens is 3. The molecular weight excluding hydrogens is 348 g/mol. The topological polar surface area (TPSA) is 36.9 Å². The molecule has 3 rings (SSSR count). The summed E-state index contributed by atoms with van der Waals surface area (Å²) < 4.78 is 19.5. The quantitative estimate of drug-likeness (QED) is 0.504. The molecular formula is C19H10Cl2FNO. The molecule has 1 heterocycles. The van der Waals surface area contributed by atoms with E-state index in [0.29, 0.717) is 21.6 Å². The second-order valence-electron chi connectivity index (χ2n) is 4.98. The van der Waals surface area contributed by atoms with Crippen LogP contribution in [0.4, 0.5) is 4.39 Å². The molecule has 0 aliphatic heterocycles. The van der Waals surface area contributed by atoms with Crippen LogP contribution in [0.5, 0.6) is 0 Å². The lowest BCUT2D eigenvalue weighted by Gasteiger charge is -2.01. The van der Waals surface area contributed by atoms with Crippen LogP contribution in [-0.2, 0) is 0 Å². The maximum atomic E-state index is 13.8. The molecule has 0 spiro atoms. The highest BCUT2D eigenvalue weighted by Gasteiger charge is 2.10. The van der Waals surface area contributed by atoms with Gasteiger partial charge < -0.3 is 4.42 Å². The maximum Gasteiger partial charge on any atom is 0.134 e. The molecule has 0 unspecified atom stereocenters. The van der Waals surface area contributed by atoms with Crippen molar-refractivity contribution >= 4 is 34.9 Å². The molecule has 0 fully saturated rings. The zero-order valence-electron chi connectivity index (χ0n) is 12.3. The van der Waals surface area contributed by atoms with E-state index in [-0.39, 0.29) is 11.1 Å². The number of benzene rings is 2. The molecule has 3 aromatic rings. The average molecular weight is 358 g/mol. The Hall–Kier alpha value is -2.54. The first kappa shape index (κ1) is 16.3. The third-order valence-corrected chi connectivity index (χ3v) is 4.14. The van der Waals surface area contributed by atoms with Gasteiger partial charge in [-0.15, -0.1) is 0 Å². The molecule has 0 aliphatic rings. The standard InChI is InChI=1S/C19H10Cl2FNO/c20-16-7-5-12(10-17(16)21)19-8-6-14(24-19)9-13(11-23)15-3-1-2-4-18(15)22/h1-10H/b13-9+. The van der Waals surface area contributed by atoms with Gasteiger partial charge in [0.15, 0.2) is 0 Å². The molecule has 5 heteroatoms. The van der Waals surface area contributed by atoms with E-state index in [1.165, 1.54) is 12.1 Å². The molecule has 1 aromatic heterocycles. The fourth-order valence-electron chi connectivity index (χ4n) is 2.23. The molecule has 0 radical (unpaired) electrons. The summed E-state index contributed by atoms with van der Waals surface area (Å²) >= 11 is 11.9. The molecule has 2 aromatic carbocycles. The van der Waals surface area contributed by atoms with Crippen molar-refractivity contribution in [1.29, 1.82) is 5.26 Å². The third kappa shape index (κ3) is 3.35. The van der Waals surface area contributed by atoms with Crippen molar-refractivity contribution in [2.75, 3.05) is 0 Å². The zero-order chi connectivity index (χ0) is 17.1. The molecule has 24 heavy (non-hydrogen) atoms. The van der Waals surface area contributed by atoms with Crippen molar-refractivity contribution in [3.63, 3.8) is 0 Å². The van der Waals surface area contributed by atoms with Crippen molar-refractivity contribution in [2.24, 2.45) is 0 Å². The maximum absolute atomic E-state index is 13.8. The van der Waals surface area contributed by atoms with E-state index >= 15 is 0 Å². The fraction of sp³-hybridized carbons (Fsp3) is 0. The Morgan fingerprint density at radius 2 is 1.83 bits per heavy atom. The number of hydrogen-bond acceptors (Lipinski definition) is 2. The van der Waals surface area contributed by atoms with Crippen molar-refractivity contribution in [2.45, 2.75) is 0 Å². The van der Waals surface area contributed by atoms with Gasteiger partial charge in [-0.2, -0.15) is 5.26 Å². The van der Waals surface area contributed by atoms with Gasteiger partial charge in [-0.3, -0.25) is 0 Å². The van der Waals surface area contributed by atoms with Crippen LogP contribution in [0.3, 0.4) is 0 Å². The Kier molecular flexibility index (Phi) is 4.71. The van der Waals surface area contributed by atoms with Gasteiger partial charge in [-0.05, 0) is 42.5 Å². The average Bonchev–Trinajstić information content (AvgIpc) is 3.04. The summed E-state index contributed by atoms with van der Waals surface area (Å²) in [4.78, 5) is 0. The Balaban J connectivity index is 1.97. The minimum absolute atomic E-state index is 0.183. The molecule has 0 bridgehead atoms. The number of allylic oxidation sites excluding steroid dienone is 1. The SMILES string of the molecule is N#C/C(=C\c1ccc(-c2ccc(Cl)c(Cl)c2)o1)c1ccccc1F. The Morgan fingerprint density at radius 3 is 2.54 bits per heavy atom. The smallest absolute Gasteiger partial charge is 0.134 e. The monoisotopic (exact) mass is 357 g/mol. The lowest BCUT2D eigenvalue weighted by Crippen LogP contribution is -1.86. The Bertz CT molecular complexity index is 969. The van der Waals surface area contributed by atoms with Crippen LogP contribution in [0, 0.1) is 17.1 Å². The van der Waals surface area contributed by atoms with Gasteiger partial charge in [0, 0.05) is 11.1 Å². The van der Waals surface area contributed by atoms with Crippen LogP contribution in [-0.4, -0.2) is 0 Å². The fourth-order valence-corrected chi connectivity index (χ4v) is 2.53. The molecule has 0 N–H and O–H groups in total. The van der Waals surface area contributed by atoms with Crippen LogP contribution in [0.15, 0.2) is 59.0 Å². The van der Waals surface area contributed by atoms with Crippen LogP contribution in [0.1, 0.15) is 11.3 Å². The van der Waals surface area contributed by atoms with E-state index in [9.17, 15) is 9.65 Å². The minimum Gasteiger partial charge on any atom is -0.457 e. The summed E-state index contributed by atoms with van der Waals surface area (Å²) in [5.74, 6) is 0.558. The molecule has 0 atom stereocenters. The summed E-state index contributed by atoms with van der Waals surface area (Å²) in [7, 11) is 0. The molecule has 118 valence electrons. The van der Waals surface area contributed by atoms with Crippen LogP contribution >= 0.6 is 23.2 Å². The molecule has 0 saturated carbocycles. The highest BCUT2D eigenvalue weighted by atomic mass is 35.5. The summed E-state index contributed by atoms with van der Waals surface area (Å²) in [6, 6.07) is 16.7. The number of hydrogen-bond donors (Lipinski definition) is 0. The lowest BCUT2D eigenvalue weighted by molar-refractivity contribution is 0.572. The first-order valence-electron chi connectivity index (χ1n) is 7.00. The van der Waals surface area contributed by atoms with Gasteiger partial charge in [-0.1, -0.05) is 41.4 Å². The van der Waals surface area contributed by atoms with E-state index in [1.54, 1.807) is 48.5 Å². The van der Waals surface area contributed by atoms with Gasteiger partial charge in [0.2, 0.25) is 0 Å². The van der Waals surface area contributed by atoms with E-state index in [1.807, 2.05) is 6.07 Å². The van der Waals surface area contributed by atoms with E-state index < -0.39 is 5.82 Å². The van der Waals surface area contributed by atoms with Crippen molar-refractivity contribution in [3.05, 3.63) is 81.8 Å². The number of nitrogens with zero attached hydrogens (tertiary/aromatic N) is 1. The van der Waals surface area contributed by atoms with E-state index in [2.05, 4.69) is 0 Å². The number of rotatable bonds is 3. The van der Waals surface area contributed by atoms with Crippen molar-refractivity contribution in [3.8, 4) is 17.4 Å². The van der Waals surface area contributed by atoms with Gasteiger partial charge in [-0.25, -0.2) is 4.39 Å². The van der Waals surface area contributed by atoms with Crippen LogP contribution in [0.25, 0.3) is 23.0 Å². The first-order chi connectivity index (χ1) is 11.6. The molecule has 2 nitrogen and oxygen atoms in total. The largest absolute Gasteiger partial charge is 0.457 e. The predicted octanol–water partition coefficient (Wildman–Crippen LogP) is 6.46. The summed E-state index contributed by atoms with van der Waals surface area (Å²) in [5, 5.41) is 10.2. The highest BCUT2D eigenvalue weighted by Crippen LogP contribution is 2.30. The van der Waals surface area contributed by atoms with Gasteiger partial charge in [0.1, 0.15) is 17.3 Å². The number of furan rings is 1. The van der Waals surface area contributed by atoms with Crippen molar-refractivity contribution < 1.29 is 8.81 Å². The Labute approximate surface area is 148 Å². The zero-order valence-corrected chi connectivity index (χ0v) is 13.8. The van der Waals surface area contributed by atoms with E-state index in [4.69, 9.17) is 27.6 Å². The second kappa shape index (κ2) is 6.92. The summed E-state index contributed by atoms with van der Waals surface area (Å²) in [5.41, 5.74) is 1.17. The highest BCUT2D eigenvalue weighted by molar-refractivity contribution is 6.42. The first-order valence-corrected chi connectivity index (χ1v) is 7.76. The molecule has 0 aliphatic carbocycles. The van der Waals surface area contributed by atoms with Crippen molar-refractivity contribution in [1.82, 2.24) is 0 Å². The summed E-state index contributed by atoms with van der Waals surface area (Å²) in [6.07, 6.45) is 1.50. The predicted molar refractivity (Wildman–Crippen MR) is 94.0 cm³/mol. The normalized spacial score (nSPS) is 11.3. The third-order valence-electron chi connectivity index (χ3n) is 3.40. The summed E-state index contributed by atoms with van der Waals surface area (Å²) in [6.45, 7) is 0. The minimum atomic E-state index is -0.457. The lowest BCUT2D eigenvalue weighted by atomic mass is 10.1.